The van der Waals surface area contributed by atoms with E-state index in [-0.39, 0.29) is 0 Å². The van der Waals surface area contributed by atoms with E-state index in [0.29, 0.717) is 12.1 Å². The first-order chi connectivity index (χ1) is 7.68. The zero-order valence-electron chi connectivity index (χ0n) is 10.6. The van der Waals surface area contributed by atoms with Crippen molar-refractivity contribution in [3.05, 3.63) is 24.2 Å². The van der Waals surface area contributed by atoms with Crippen molar-refractivity contribution in [2.24, 2.45) is 11.8 Å². The smallest absolute Gasteiger partial charge is 0.120 e. The first-order valence-corrected chi connectivity index (χ1v) is 6.48. The van der Waals surface area contributed by atoms with Crippen molar-refractivity contribution in [1.82, 2.24) is 5.32 Å². The predicted octanol–water partition coefficient (Wildman–Crippen LogP) is 3.75. The Bertz CT molecular complexity index is 307. The fourth-order valence-electron chi connectivity index (χ4n) is 2.76. The molecule has 0 bridgehead atoms. The Kier molecular flexibility index (Phi) is 3.70. The van der Waals surface area contributed by atoms with Gasteiger partial charge in [-0.05, 0) is 37.3 Å². The topological polar surface area (TPSA) is 25.2 Å². The molecule has 2 nitrogen and oxygen atoms in total. The van der Waals surface area contributed by atoms with Crippen LogP contribution in [0, 0.1) is 11.8 Å². The molecule has 0 amide bonds. The van der Waals surface area contributed by atoms with Gasteiger partial charge in [-0.25, -0.2) is 0 Å². The monoisotopic (exact) mass is 221 g/mol. The van der Waals surface area contributed by atoms with Gasteiger partial charge in [0.1, 0.15) is 5.76 Å². The molecular formula is C14H23NO. The van der Waals surface area contributed by atoms with Crippen LogP contribution in [0.5, 0.6) is 0 Å². The third-order valence-electron chi connectivity index (χ3n) is 4.14. The largest absolute Gasteiger partial charge is 0.468 e. The van der Waals surface area contributed by atoms with Crippen molar-refractivity contribution in [1.29, 1.82) is 0 Å². The highest BCUT2D eigenvalue weighted by molar-refractivity contribution is 5.03. The molecule has 90 valence electrons. The lowest BCUT2D eigenvalue weighted by Gasteiger charge is -2.36. The molecule has 0 aliphatic heterocycles. The SMILES string of the molecule is CC(NC1CCCC(C)C1C)c1ccco1. The Hall–Kier alpha value is -0.760. The van der Waals surface area contributed by atoms with Gasteiger partial charge < -0.3 is 9.73 Å². The van der Waals surface area contributed by atoms with Crippen LogP contribution >= 0.6 is 0 Å². The van der Waals surface area contributed by atoms with E-state index in [1.807, 2.05) is 6.07 Å². The Morgan fingerprint density at radius 1 is 1.38 bits per heavy atom. The maximum atomic E-state index is 5.44. The van der Waals surface area contributed by atoms with Crippen molar-refractivity contribution in [2.45, 2.75) is 52.1 Å². The fourth-order valence-corrected chi connectivity index (χ4v) is 2.76. The molecule has 0 radical (unpaired) electrons. The van der Waals surface area contributed by atoms with Crippen LogP contribution < -0.4 is 5.32 Å². The van der Waals surface area contributed by atoms with Gasteiger partial charge in [0.15, 0.2) is 0 Å². The van der Waals surface area contributed by atoms with Gasteiger partial charge in [0.05, 0.1) is 12.3 Å². The summed E-state index contributed by atoms with van der Waals surface area (Å²) in [4.78, 5) is 0. The normalized spacial score (nSPS) is 32.6. The van der Waals surface area contributed by atoms with Crippen LogP contribution in [0.25, 0.3) is 0 Å². The van der Waals surface area contributed by atoms with Gasteiger partial charge in [-0.2, -0.15) is 0 Å². The van der Waals surface area contributed by atoms with Gasteiger partial charge in [0.25, 0.3) is 0 Å². The van der Waals surface area contributed by atoms with Gasteiger partial charge in [-0.3, -0.25) is 0 Å². The molecule has 1 N–H and O–H groups in total. The molecule has 1 saturated carbocycles. The summed E-state index contributed by atoms with van der Waals surface area (Å²) in [6.07, 6.45) is 5.79. The molecule has 0 aromatic carbocycles. The molecule has 4 unspecified atom stereocenters. The van der Waals surface area contributed by atoms with E-state index in [9.17, 15) is 0 Å². The molecule has 1 aliphatic rings. The lowest BCUT2D eigenvalue weighted by molar-refractivity contribution is 0.191. The maximum absolute atomic E-state index is 5.44. The molecule has 16 heavy (non-hydrogen) atoms. The Balaban J connectivity index is 1.93. The summed E-state index contributed by atoms with van der Waals surface area (Å²) in [5.41, 5.74) is 0. The van der Waals surface area contributed by atoms with Crippen LogP contribution in [0.3, 0.4) is 0 Å². The summed E-state index contributed by atoms with van der Waals surface area (Å²) in [7, 11) is 0. The van der Waals surface area contributed by atoms with Gasteiger partial charge >= 0.3 is 0 Å². The number of furan rings is 1. The number of nitrogens with one attached hydrogen (secondary N) is 1. The molecule has 1 heterocycles. The van der Waals surface area contributed by atoms with Crippen molar-refractivity contribution >= 4 is 0 Å². The molecule has 1 aromatic rings. The van der Waals surface area contributed by atoms with Crippen molar-refractivity contribution in [2.75, 3.05) is 0 Å². The summed E-state index contributed by atoms with van der Waals surface area (Å²) in [6, 6.07) is 4.98. The molecule has 0 saturated heterocycles. The lowest BCUT2D eigenvalue weighted by Crippen LogP contribution is -2.41. The molecule has 1 aromatic heterocycles. The van der Waals surface area contributed by atoms with Crippen molar-refractivity contribution in [3.63, 3.8) is 0 Å². The van der Waals surface area contributed by atoms with E-state index in [1.165, 1.54) is 19.3 Å². The number of hydrogen-bond acceptors (Lipinski definition) is 2. The minimum atomic E-state index is 0.327. The highest BCUT2D eigenvalue weighted by atomic mass is 16.3. The molecule has 4 atom stereocenters. The van der Waals surface area contributed by atoms with Crippen LogP contribution in [0.2, 0.25) is 0 Å². The van der Waals surface area contributed by atoms with E-state index >= 15 is 0 Å². The summed E-state index contributed by atoms with van der Waals surface area (Å²) >= 11 is 0. The lowest BCUT2D eigenvalue weighted by atomic mass is 9.78. The average Bonchev–Trinajstić information content (AvgIpc) is 2.78. The van der Waals surface area contributed by atoms with Crippen LogP contribution in [-0.4, -0.2) is 6.04 Å². The molecular weight excluding hydrogens is 198 g/mol. The summed E-state index contributed by atoms with van der Waals surface area (Å²) in [5.74, 6) is 2.66. The summed E-state index contributed by atoms with van der Waals surface area (Å²) in [5, 5.41) is 3.71. The van der Waals surface area contributed by atoms with Gasteiger partial charge in [0.2, 0.25) is 0 Å². The molecule has 2 rings (SSSR count). The summed E-state index contributed by atoms with van der Waals surface area (Å²) in [6.45, 7) is 6.93. The first kappa shape index (κ1) is 11.7. The van der Waals surface area contributed by atoms with E-state index < -0.39 is 0 Å². The van der Waals surface area contributed by atoms with Gasteiger partial charge in [-0.1, -0.05) is 26.7 Å². The maximum Gasteiger partial charge on any atom is 0.120 e. The fraction of sp³-hybridized carbons (Fsp3) is 0.714. The minimum absolute atomic E-state index is 0.327. The van der Waals surface area contributed by atoms with Crippen LogP contribution in [0.1, 0.15) is 51.8 Å². The molecule has 0 spiro atoms. The highest BCUT2D eigenvalue weighted by Crippen LogP contribution is 2.31. The van der Waals surface area contributed by atoms with E-state index in [2.05, 4.69) is 32.2 Å². The van der Waals surface area contributed by atoms with E-state index in [0.717, 1.165) is 17.6 Å². The van der Waals surface area contributed by atoms with Gasteiger partial charge in [0, 0.05) is 6.04 Å². The summed E-state index contributed by atoms with van der Waals surface area (Å²) < 4.78 is 5.44. The Labute approximate surface area is 98.4 Å². The first-order valence-electron chi connectivity index (χ1n) is 6.48. The van der Waals surface area contributed by atoms with Crippen LogP contribution in [0.4, 0.5) is 0 Å². The highest BCUT2D eigenvalue weighted by Gasteiger charge is 2.28. The Morgan fingerprint density at radius 2 is 2.19 bits per heavy atom. The standard InChI is InChI=1S/C14H23NO/c1-10-6-4-7-13(11(10)2)15-12(3)14-8-5-9-16-14/h5,8-13,15H,4,6-7H2,1-3H3. The second-order valence-corrected chi connectivity index (χ2v) is 5.28. The quantitative estimate of drug-likeness (QED) is 0.840. The molecule has 1 fully saturated rings. The van der Waals surface area contributed by atoms with Gasteiger partial charge in [-0.15, -0.1) is 0 Å². The number of rotatable bonds is 3. The third-order valence-corrected chi connectivity index (χ3v) is 4.14. The number of hydrogen-bond donors (Lipinski definition) is 1. The van der Waals surface area contributed by atoms with Crippen molar-refractivity contribution < 1.29 is 4.42 Å². The predicted molar refractivity (Wildman–Crippen MR) is 66.2 cm³/mol. The van der Waals surface area contributed by atoms with Crippen LogP contribution in [-0.2, 0) is 0 Å². The second-order valence-electron chi connectivity index (χ2n) is 5.28. The molecule has 2 heteroatoms. The van der Waals surface area contributed by atoms with E-state index in [4.69, 9.17) is 4.42 Å². The molecule has 1 aliphatic carbocycles. The average molecular weight is 221 g/mol. The van der Waals surface area contributed by atoms with Crippen molar-refractivity contribution in [3.8, 4) is 0 Å². The Morgan fingerprint density at radius 3 is 2.88 bits per heavy atom. The second kappa shape index (κ2) is 5.05. The zero-order valence-corrected chi connectivity index (χ0v) is 10.6. The van der Waals surface area contributed by atoms with Crippen LogP contribution in [0.15, 0.2) is 22.8 Å². The third kappa shape index (κ3) is 2.49. The van der Waals surface area contributed by atoms with E-state index in [1.54, 1.807) is 6.26 Å². The zero-order chi connectivity index (χ0) is 11.5. The minimum Gasteiger partial charge on any atom is -0.468 e.